The summed E-state index contributed by atoms with van der Waals surface area (Å²) in [6.45, 7) is 0. The predicted molar refractivity (Wildman–Crippen MR) is 87.3 cm³/mol. The smallest absolute Gasteiger partial charge is 0.193 e. The first-order valence-corrected chi connectivity index (χ1v) is 9.05. The van der Waals surface area contributed by atoms with Crippen molar-refractivity contribution in [2.24, 2.45) is 5.10 Å². The molecule has 2 aromatic rings. The van der Waals surface area contributed by atoms with E-state index < -0.39 is 9.84 Å². The first-order chi connectivity index (χ1) is 10.7. The maximum absolute atomic E-state index is 11.9. The van der Waals surface area contributed by atoms with Crippen molar-refractivity contribution in [2.45, 2.75) is 18.9 Å². The van der Waals surface area contributed by atoms with Gasteiger partial charge >= 0.3 is 0 Å². The van der Waals surface area contributed by atoms with E-state index in [1.807, 2.05) is 24.3 Å². The Hall–Kier alpha value is -2.14. The maximum atomic E-state index is 11.9. The van der Waals surface area contributed by atoms with E-state index in [-0.39, 0.29) is 16.8 Å². The van der Waals surface area contributed by atoms with E-state index in [0.29, 0.717) is 12.8 Å². The Morgan fingerprint density at radius 1 is 0.955 bits per heavy atom. The molecule has 1 aliphatic heterocycles. The van der Waals surface area contributed by atoms with Gasteiger partial charge in [-0.3, -0.25) is 5.43 Å². The van der Waals surface area contributed by atoms with E-state index in [4.69, 9.17) is 0 Å². The van der Waals surface area contributed by atoms with E-state index in [9.17, 15) is 8.42 Å². The van der Waals surface area contributed by atoms with Crippen LogP contribution in [0.1, 0.15) is 30.0 Å². The Morgan fingerprint density at radius 2 is 1.55 bits per heavy atom. The van der Waals surface area contributed by atoms with Crippen molar-refractivity contribution in [3.8, 4) is 11.1 Å². The standard InChI is InChI=1S/C17H16N2O2S/c20-22(21)11-5-10-16(22)18-19-17-14-8-3-1-6-12(14)13-7-2-4-9-15(13)17/h1-4,6-9,17,19H,5,10-11H2. The van der Waals surface area contributed by atoms with Crippen LogP contribution in [0.15, 0.2) is 53.6 Å². The van der Waals surface area contributed by atoms with Crippen LogP contribution in [0.5, 0.6) is 0 Å². The van der Waals surface area contributed by atoms with E-state index in [2.05, 4.69) is 34.8 Å². The quantitative estimate of drug-likeness (QED) is 0.868. The number of sulfone groups is 1. The van der Waals surface area contributed by atoms with Gasteiger partial charge in [-0.2, -0.15) is 5.10 Å². The third-order valence-electron chi connectivity index (χ3n) is 4.31. The van der Waals surface area contributed by atoms with E-state index in [0.717, 1.165) is 11.1 Å². The van der Waals surface area contributed by atoms with Crippen LogP contribution in [-0.4, -0.2) is 19.2 Å². The van der Waals surface area contributed by atoms with Gasteiger partial charge in [0, 0.05) is 6.42 Å². The third-order valence-corrected chi connectivity index (χ3v) is 6.15. The zero-order valence-electron chi connectivity index (χ0n) is 12.0. The third kappa shape index (κ3) is 2.04. The van der Waals surface area contributed by atoms with Gasteiger partial charge in [-0.1, -0.05) is 48.5 Å². The number of hydrogen-bond donors (Lipinski definition) is 1. The molecule has 0 bridgehead atoms. The molecule has 0 atom stereocenters. The molecule has 1 aliphatic carbocycles. The summed E-state index contributed by atoms with van der Waals surface area (Å²) in [4.78, 5) is 0. The largest absolute Gasteiger partial charge is 0.297 e. The summed E-state index contributed by atoms with van der Waals surface area (Å²) < 4.78 is 23.8. The lowest BCUT2D eigenvalue weighted by Gasteiger charge is -2.13. The highest BCUT2D eigenvalue weighted by molar-refractivity contribution is 8.06. The van der Waals surface area contributed by atoms with E-state index in [1.165, 1.54) is 11.1 Å². The number of hydrogen-bond acceptors (Lipinski definition) is 4. The zero-order valence-corrected chi connectivity index (χ0v) is 12.8. The summed E-state index contributed by atoms with van der Waals surface area (Å²) in [6.07, 6.45) is 1.20. The Labute approximate surface area is 129 Å². The molecule has 0 saturated carbocycles. The molecule has 112 valence electrons. The molecule has 4 nitrogen and oxygen atoms in total. The predicted octanol–water partition coefficient (Wildman–Crippen LogP) is 2.87. The van der Waals surface area contributed by atoms with Gasteiger partial charge in [0.25, 0.3) is 0 Å². The molecular weight excluding hydrogens is 296 g/mol. The van der Waals surface area contributed by atoms with Crippen LogP contribution in [0.3, 0.4) is 0 Å². The lowest BCUT2D eigenvalue weighted by Crippen LogP contribution is -2.19. The molecule has 0 aromatic heterocycles. The lowest BCUT2D eigenvalue weighted by atomic mass is 10.1. The van der Waals surface area contributed by atoms with Crippen molar-refractivity contribution in [3.63, 3.8) is 0 Å². The monoisotopic (exact) mass is 312 g/mol. The second-order valence-corrected chi connectivity index (χ2v) is 7.77. The minimum atomic E-state index is -3.15. The topological polar surface area (TPSA) is 58.5 Å². The Balaban J connectivity index is 1.75. The Kier molecular flexibility index (Phi) is 3.04. The Bertz CT molecular complexity index is 826. The van der Waals surface area contributed by atoms with Crippen molar-refractivity contribution in [2.75, 3.05) is 5.75 Å². The van der Waals surface area contributed by atoms with Crippen LogP contribution in [0.25, 0.3) is 11.1 Å². The number of fused-ring (bicyclic) bond motifs is 3. The number of nitrogens with zero attached hydrogens (tertiary/aromatic N) is 1. The molecule has 2 aromatic carbocycles. The van der Waals surface area contributed by atoms with E-state index >= 15 is 0 Å². The molecule has 0 unspecified atom stereocenters. The zero-order chi connectivity index (χ0) is 15.2. The van der Waals surface area contributed by atoms with Gasteiger partial charge < -0.3 is 0 Å². The molecule has 5 heteroatoms. The summed E-state index contributed by atoms with van der Waals surface area (Å²) in [6, 6.07) is 16.3. The number of hydrazone groups is 1. The number of rotatable bonds is 2. The van der Waals surface area contributed by atoms with Crippen LogP contribution >= 0.6 is 0 Å². The van der Waals surface area contributed by atoms with Crippen LogP contribution in [0, 0.1) is 0 Å². The van der Waals surface area contributed by atoms with E-state index in [1.54, 1.807) is 0 Å². The van der Waals surface area contributed by atoms with Crippen LogP contribution in [0.4, 0.5) is 0 Å². The van der Waals surface area contributed by atoms with Crippen LogP contribution < -0.4 is 5.43 Å². The molecule has 1 N–H and O–H groups in total. The number of nitrogens with one attached hydrogen (secondary N) is 1. The fourth-order valence-corrected chi connectivity index (χ4v) is 4.65. The molecule has 1 saturated heterocycles. The van der Waals surface area contributed by atoms with Gasteiger partial charge in [-0.15, -0.1) is 0 Å². The van der Waals surface area contributed by atoms with Gasteiger partial charge in [-0.05, 0) is 28.7 Å². The van der Waals surface area contributed by atoms with Gasteiger partial charge in [0.2, 0.25) is 0 Å². The lowest BCUT2D eigenvalue weighted by molar-refractivity contribution is 0.607. The first-order valence-electron chi connectivity index (χ1n) is 7.40. The first kappa shape index (κ1) is 13.5. The second kappa shape index (κ2) is 4.95. The maximum Gasteiger partial charge on any atom is 0.193 e. The molecule has 0 spiro atoms. The fourth-order valence-electron chi connectivity index (χ4n) is 3.24. The minimum absolute atomic E-state index is 0.0873. The minimum Gasteiger partial charge on any atom is -0.297 e. The average molecular weight is 312 g/mol. The molecule has 0 radical (unpaired) electrons. The van der Waals surface area contributed by atoms with Crippen LogP contribution in [0.2, 0.25) is 0 Å². The van der Waals surface area contributed by atoms with Gasteiger partial charge in [0.05, 0.1) is 11.8 Å². The normalized spacial score (nSPS) is 20.8. The highest BCUT2D eigenvalue weighted by Crippen LogP contribution is 2.43. The SMILES string of the molecule is O=S1(=O)CCCC1=NNC1c2ccccc2-c2ccccc21. The Morgan fingerprint density at radius 3 is 2.09 bits per heavy atom. The molecular formula is C17H16N2O2S. The van der Waals surface area contributed by atoms with Gasteiger partial charge in [-0.25, -0.2) is 8.42 Å². The molecule has 22 heavy (non-hydrogen) atoms. The van der Waals surface area contributed by atoms with Crippen molar-refractivity contribution in [1.29, 1.82) is 0 Å². The summed E-state index contributed by atoms with van der Waals surface area (Å²) >= 11 is 0. The number of benzene rings is 2. The van der Waals surface area contributed by atoms with Gasteiger partial charge in [0.15, 0.2) is 14.9 Å². The second-order valence-electron chi connectivity index (χ2n) is 5.66. The summed E-state index contributed by atoms with van der Waals surface area (Å²) in [5.74, 6) is 0.214. The average Bonchev–Trinajstić information content (AvgIpc) is 3.03. The molecule has 2 aliphatic rings. The van der Waals surface area contributed by atoms with Crippen molar-refractivity contribution >= 4 is 14.9 Å². The van der Waals surface area contributed by atoms with Gasteiger partial charge in [0.1, 0.15) is 0 Å². The molecule has 1 fully saturated rings. The highest BCUT2D eigenvalue weighted by atomic mass is 32.2. The molecule has 0 amide bonds. The van der Waals surface area contributed by atoms with Crippen LogP contribution in [-0.2, 0) is 9.84 Å². The van der Waals surface area contributed by atoms with Crippen molar-refractivity contribution < 1.29 is 8.42 Å². The molecule has 1 heterocycles. The molecule has 4 rings (SSSR count). The van der Waals surface area contributed by atoms with Crippen molar-refractivity contribution in [1.82, 2.24) is 5.43 Å². The summed E-state index contributed by atoms with van der Waals surface area (Å²) in [7, 11) is -3.15. The van der Waals surface area contributed by atoms with Crippen molar-refractivity contribution in [3.05, 3.63) is 59.7 Å². The summed E-state index contributed by atoms with van der Waals surface area (Å²) in [5.41, 5.74) is 7.76. The fraction of sp³-hybridized carbons (Fsp3) is 0.235. The highest BCUT2D eigenvalue weighted by Gasteiger charge is 2.30. The summed E-state index contributed by atoms with van der Waals surface area (Å²) in [5, 5.41) is 4.52.